The van der Waals surface area contributed by atoms with Crippen molar-refractivity contribution in [2.75, 3.05) is 0 Å². The zero-order chi connectivity index (χ0) is 24.1. The largest absolute Gasteiger partial charge is 0.445 e. The molecule has 0 aliphatic heterocycles. The lowest BCUT2D eigenvalue weighted by Crippen LogP contribution is -2.50. The van der Waals surface area contributed by atoms with E-state index in [1.165, 1.54) is 6.08 Å². The van der Waals surface area contributed by atoms with Crippen LogP contribution < -0.4 is 10.6 Å². The number of nitrogens with one attached hydrogen (secondary N) is 2. The van der Waals surface area contributed by atoms with Crippen LogP contribution in [0.2, 0.25) is 0 Å². The van der Waals surface area contributed by atoms with Gasteiger partial charge in [0.15, 0.2) is 0 Å². The minimum Gasteiger partial charge on any atom is -0.445 e. The topological polar surface area (TPSA) is 111 Å². The molecule has 33 heavy (non-hydrogen) atoms. The zero-order valence-electron chi connectivity index (χ0n) is 19.0. The second-order valence-corrected chi connectivity index (χ2v) is 8.15. The van der Waals surface area contributed by atoms with Gasteiger partial charge in [-0.15, -0.1) is 0 Å². The second-order valence-electron chi connectivity index (χ2n) is 8.15. The average molecular weight is 454 g/mol. The van der Waals surface area contributed by atoms with Crippen molar-refractivity contribution >= 4 is 12.0 Å². The number of carbonyl (C=O) groups is 2. The number of hydrogen-bond acceptors (Lipinski definition) is 5. The van der Waals surface area contributed by atoms with Gasteiger partial charge >= 0.3 is 6.09 Å². The molecule has 0 saturated carbocycles. The number of hydrogen-bond donors (Lipinski definition) is 2. The summed E-state index contributed by atoms with van der Waals surface area (Å²) in [6.45, 7) is 3.97. The highest BCUT2D eigenvalue weighted by Gasteiger charge is 2.24. The Kier molecular flexibility index (Phi) is 10.6. The Morgan fingerprint density at radius 3 is 2.18 bits per heavy atom. The summed E-state index contributed by atoms with van der Waals surface area (Å²) in [4.78, 5) is 35.5. The van der Waals surface area contributed by atoms with Crippen molar-refractivity contribution in [1.82, 2.24) is 10.6 Å². The molecule has 0 aliphatic carbocycles. The molecule has 8 heteroatoms. The number of amides is 2. The highest BCUT2D eigenvalue weighted by molar-refractivity contribution is 5.86. The van der Waals surface area contributed by atoms with E-state index < -0.39 is 29.0 Å². The van der Waals surface area contributed by atoms with Gasteiger partial charge < -0.3 is 15.4 Å². The lowest BCUT2D eigenvalue weighted by atomic mass is 10.0. The van der Waals surface area contributed by atoms with E-state index in [-0.39, 0.29) is 12.5 Å². The summed E-state index contributed by atoms with van der Waals surface area (Å²) >= 11 is 0. The van der Waals surface area contributed by atoms with E-state index in [1.54, 1.807) is 0 Å². The molecule has 0 aliphatic rings. The van der Waals surface area contributed by atoms with Gasteiger partial charge in [0, 0.05) is 6.08 Å². The van der Waals surface area contributed by atoms with Crippen LogP contribution in [0.3, 0.4) is 0 Å². The third-order valence-corrected chi connectivity index (χ3v) is 4.88. The molecule has 176 valence electrons. The van der Waals surface area contributed by atoms with Gasteiger partial charge in [-0.05, 0) is 36.3 Å². The molecule has 8 nitrogen and oxygen atoms in total. The molecule has 0 bridgehead atoms. The van der Waals surface area contributed by atoms with Crippen molar-refractivity contribution < 1.29 is 19.2 Å². The van der Waals surface area contributed by atoms with Gasteiger partial charge in [0.05, 0.1) is 11.0 Å². The molecule has 2 N–H and O–H groups in total. The quantitative estimate of drug-likeness (QED) is 0.369. The molecule has 2 atom stereocenters. The Bertz CT molecular complexity index is 916. The Hall–Kier alpha value is -3.68. The van der Waals surface area contributed by atoms with Gasteiger partial charge in [-0.3, -0.25) is 14.9 Å². The van der Waals surface area contributed by atoms with Crippen LogP contribution in [0.5, 0.6) is 0 Å². The minimum atomic E-state index is -0.823. The number of rotatable bonds is 12. The summed E-state index contributed by atoms with van der Waals surface area (Å²) in [6.07, 6.45) is 3.01. The highest BCUT2D eigenvalue weighted by atomic mass is 16.6. The van der Waals surface area contributed by atoms with Crippen LogP contribution in [0.25, 0.3) is 0 Å². The van der Waals surface area contributed by atoms with E-state index in [9.17, 15) is 19.7 Å². The van der Waals surface area contributed by atoms with Gasteiger partial charge in [-0.1, -0.05) is 74.5 Å². The third kappa shape index (κ3) is 10.5. The van der Waals surface area contributed by atoms with E-state index in [0.29, 0.717) is 19.3 Å². The van der Waals surface area contributed by atoms with Crippen molar-refractivity contribution in [2.24, 2.45) is 5.92 Å². The van der Waals surface area contributed by atoms with E-state index in [1.807, 2.05) is 74.5 Å². The lowest BCUT2D eigenvalue weighted by Gasteiger charge is -2.22. The van der Waals surface area contributed by atoms with E-state index >= 15 is 0 Å². The standard InChI is InChI=1S/C25H31N3O5/c1-19(2)17-23(27-25(30)33-18-21-11-7-4-8-12-21)24(29)26-22(15-16-28(31)32)14-13-20-9-5-3-6-10-20/h3-12,15-16,19,22-23H,13-14,17-18H2,1-2H3,(H,26,29)(H,27,30)/b16-15+/t22-,23-/m0/s1. The average Bonchev–Trinajstić information content (AvgIpc) is 2.80. The van der Waals surface area contributed by atoms with Gasteiger partial charge in [0.2, 0.25) is 12.1 Å². The molecule has 0 heterocycles. The normalized spacial score (nSPS) is 12.8. The molecule has 2 aromatic carbocycles. The number of nitrogens with zero attached hydrogens (tertiary/aromatic N) is 1. The molecule has 2 rings (SSSR count). The number of alkyl carbamates (subject to hydrolysis) is 1. The summed E-state index contributed by atoms with van der Waals surface area (Å²) in [7, 11) is 0. The fraction of sp³-hybridized carbons (Fsp3) is 0.360. The van der Waals surface area contributed by atoms with E-state index in [0.717, 1.165) is 17.3 Å². The van der Waals surface area contributed by atoms with Gasteiger partial charge in [0.25, 0.3) is 0 Å². The molecular formula is C25H31N3O5. The SMILES string of the molecule is CC(C)C[C@H](NC(=O)OCc1ccccc1)C(=O)N[C@H](/C=C/[N+](=O)[O-])CCc1ccccc1. The zero-order valence-corrected chi connectivity index (χ0v) is 19.0. The molecule has 0 saturated heterocycles. The number of benzene rings is 2. The minimum absolute atomic E-state index is 0.0912. The first-order valence-corrected chi connectivity index (χ1v) is 11.0. The molecular weight excluding hydrogens is 422 g/mol. The van der Waals surface area contributed by atoms with Gasteiger partial charge in [0.1, 0.15) is 12.6 Å². The van der Waals surface area contributed by atoms with Crippen LogP contribution in [-0.4, -0.2) is 29.0 Å². The van der Waals surface area contributed by atoms with Crippen molar-refractivity contribution in [3.63, 3.8) is 0 Å². The monoisotopic (exact) mass is 453 g/mol. The number of carbonyl (C=O) groups excluding carboxylic acids is 2. The fourth-order valence-corrected chi connectivity index (χ4v) is 3.25. The predicted octanol–water partition coefficient (Wildman–Crippen LogP) is 4.24. The van der Waals surface area contributed by atoms with Crippen molar-refractivity contribution in [1.29, 1.82) is 0 Å². The number of ether oxygens (including phenoxy) is 1. The summed E-state index contributed by atoms with van der Waals surface area (Å²) in [5, 5.41) is 16.3. The third-order valence-electron chi connectivity index (χ3n) is 4.88. The second kappa shape index (κ2) is 13.7. The van der Waals surface area contributed by atoms with Crippen molar-refractivity contribution in [3.8, 4) is 0 Å². The maximum Gasteiger partial charge on any atom is 0.408 e. The molecule has 2 amide bonds. The fourth-order valence-electron chi connectivity index (χ4n) is 3.25. The molecule has 0 fully saturated rings. The summed E-state index contributed by atoms with van der Waals surface area (Å²) < 4.78 is 5.25. The first-order chi connectivity index (χ1) is 15.8. The van der Waals surface area contributed by atoms with E-state index in [2.05, 4.69) is 10.6 Å². The first kappa shape index (κ1) is 25.6. The predicted molar refractivity (Wildman–Crippen MR) is 126 cm³/mol. The maximum absolute atomic E-state index is 13.0. The molecule has 0 aromatic heterocycles. The Morgan fingerprint density at radius 1 is 1.00 bits per heavy atom. The van der Waals surface area contributed by atoms with Crippen LogP contribution >= 0.6 is 0 Å². The Balaban J connectivity index is 2.00. The van der Waals surface area contributed by atoms with Crippen LogP contribution in [0.4, 0.5) is 4.79 Å². The van der Waals surface area contributed by atoms with Crippen LogP contribution in [0, 0.1) is 16.0 Å². The summed E-state index contributed by atoms with van der Waals surface area (Å²) in [5.41, 5.74) is 1.90. The molecule has 0 radical (unpaired) electrons. The first-order valence-electron chi connectivity index (χ1n) is 11.0. The van der Waals surface area contributed by atoms with Crippen molar-refractivity contribution in [2.45, 2.75) is 51.8 Å². The summed E-state index contributed by atoms with van der Waals surface area (Å²) in [6, 6.07) is 17.5. The van der Waals surface area contributed by atoms with Crippen LogP contribution in [0.15, 0.2) is 72.9 Å². The van der Waals surface area contributed by atoms with Crippen LogP contribution in [-0.2, 0) is 22.6 Å². The highest BCUT2D eigenvalue weighted by Crippen LogP contribution is 2.10. The smallest absolute Gasteiger partial charge is 0.408 e. The Morgan fingerprint density at radius 2 is 1.61 bits per heavy atom. The lowest BCUT2D eigenvalue weighted by molar-refractivity contribution is -0.402. The molecule has 2 aromatic rings. The Labute approximate surface area is 194 Å². The maximum atomic E-state index is 13.0. The molecule has 0 unspecified atom stereocenters. The van der Waals surface area contributed by atoms with Crippen LogP contribution in [0.1, 0.15) is 37.8 Å². The summed E-state index contributed by atoms with van der Waals surface area (Å²) in [5.74, 6) is -0.279. The van der Waals surface area contributed by atoms with Gasteiger partial charge in [-0.25, -0.2) is 4.79 Å². The number of aryl methyl sites for hydroxylation is 1. The van der Waals surface area contributed by atoms with E-state index in [4.69, 9.17) is 4.74 Å². The van der Waals surface area contributed by atoms with Crippen molar-refractivity contribution in [3.05, 3.63) is 94.2 Å². The van der Waals surface area contributed by atoms with Gasteiger partial charge in [-0.2, -0.15) is 0 Å². The molecule has 0 spiro atoms. The number of nitro groups is 1.